The molecule has 0 bridgehead atoms. The van der Waals surface area contributed by atoms with Crippen LogP contribution in [-0.4, -0.2) is 11.3 Å². The highest BCUT2D eigenvalue weighted by molar-refractivity contribution is 5.71. The molecule has 1 aliphatic rings. The topological polar surface area (TPSA) is 61.3 Å². The summed E-state index contributed by atoms with van der Waals surface area (Å²) in [6.45, 7) is 1.89. The summed E-state index contributed by atoms with van der Waals surface area (Å²) in [6, 6.07) is 5.86. The zero-order valence-electron chi connectivity index (χ0n) is 11.1. The molecule has 1 aliphatic carbocycles. The van der Waals surface area contributed by atoms with Gasteiger partial charge in [-0.1, -0.05) is 11.2 Å². The number of hydrogen-bond donors (Lipinski definition) is 1. The van der Waals surface area contributed by atoms with Gasteiger partial charge in [0, 0.05) is 5.56 Å². The van der Waals surface area contributed by atoms with Gasteiger partial charge in [-0.05, 0) is 50.3 Å². The van der Waals surface area contributed by atoms with Crippen LogP contribution in [0.5, 0.6) is 5.75 Å². The molecule has 1 heterocycles. The first kappa shape index (κ1) is 12.1. The van der Waals surface area contributed by atoms with E-state index in [1.54, 1.807) is 6.20 Å². The molecule has 1 aromatic heterocycles. The third-order valence-electron chi connectivity index (χ3n) is 3.67. The van der Waals surface area contributed by atoms with Crippen molar-refractivity contribution < 1.29 is 9.26 Å². The molecular weight excluding hydrogens is 240 g/mol. The van der Waals surface area contributed by atoms with Crippen molar-refractivity contribution in [3.05, 3.63) is 30.2 Å². The highest BCUT2D eigenvalue weighted by Gasteiger charge is 2.18. The van der Waals surface area contributed by atoms with Gasteiger partial charge in [0.1, 0.15) is 11.5 Å². The number of ether oxygens (including phenoxy) is 1. The number of aromatic nitrogens is 1. The molecule has 2 aromatic rings. The summed E-state index contributed by atoms with van der Waals surface area (Å²) in [5.74, 6) is 1.58. The molecule has 0 saturated heterocycles. The second-order valence-electron chi connectivity index (χ2n) is 5.07. The fourth-order valence-electron chi connectivity index (χ4n) is 2.59. The molecule has 4 heteroatoms. The Kier molecular flexibility index (Phi) is 3.15. The molecule has 3 rings (SSSR count). The molecule has 19 heavy (non-hydrogen) atoms. The van der Waals surface area contributed by atoms with Crippen LogP contribution in [0.25, 0.3) is 11.1 Å². The van der Waals surface area contributed by atoms with Gasteiger partial charge in [0.05, 0.1) is 18.0 Å². The van der Waals surface area contributed by atoms with Crippen LogP contribution in [0.15, 0.2) is 28.9 Å². The molecule has 0 amide bonds. The van der Waals surface area contributed by atoms with Crippen molar-refractivity contribution >= 4 is 5.69 Å². The Morgan fingerprint density at radius 2 is 2.11 bits per heavy atom. The van der Waals surface area contributed by atoms with Gasteiger partial charge in [0.15, 0.2) is 0 Å². The number of aryl methyl sites for hydroxylation is 1. The van der Waals surface area contributed by atoms with Crippen LogP contribution in [0, 0.1) is 6.92 Å². The van der Waals surface area contributed by atoms with Crippen LogP contribution < -0.4 is 10.5 Å². The number of nitrogens with two attached hydrogens (primary N) is 1. The zero-order valence-corrected chi connectivity index (χ0v) is 11.1. The van der Waals surface area contributed by atoms with E-state index in [0.29, 0.717) is 11.8 Å². The Hall–Kier alpha value is -1.97. The van der Waals surface area contributed by atoms with E-state index in [1.807, 2.05) is 25.1 Å². The van der Waals surface area contributed by atoms with Crippen LogP contribution >= 0.6 is 0 Å². The summed E-state index contributed by atoms with van der Waals surface area (Å²) in [5.41, 5.74) is 8.73. The van der Waals surface area contributed by atoms with Crippen LogP contribution in [0.4, 0.5) is 5.69 Å². The van der Waals surface area contributed by atoms with Crippen LogP contribution in [-0.2, 0) is 0 Å². The van der Waals surface area contributed by atoms with Crippen LogP contribution in [0.1, 0.15) is 31.4 Å². The SMILES string of the molecule is Cc1oncc1-c1ccc(OC2CCCC2)c(N)c1. The van der Waals surface area contributed by atoms with Gasteiger partial charge in [-0.3, -0.25) is 0 Å². The molecule has 2 N–H and O–H groups in total. The Labute approximate surface area is 112 Å². The zero-order chi connectivity index (χ0) is 13.2. The molecule has 0 aliphatic heterocycles. The monoisotopic (exact) mass is 258 g/mol. The number of benzene rings is 1. The summed E-state index contributed by atoms with van der Waals surface area (Å²) >= 11 is 0. The van der Waals surface area contributed by atoms with Crippen molar-refractivity contribution in [1.29, 1.82) is 0 Å². The predicted molar refractivity (Wildman–Crippen MR) is 74.0 cm³/mol. The Morgan fingerprint density at radius 3 is 2.74 bits per heavy atom. The lowest BCUT2D eigenvalue weighted by Crippen LogP contribution is -2.12. The van der Waals surface area contributed by atoms with Gasteiger partial charge in [0.2, 0.25) is 0 Å². The van der Waals surface area contributed by atoms with Crippen LogP contribution in [0.3, 0.4) is 0 Å². The minimum absolute atomic E-state index is 0.325. The average Bonchev–Trinajstić information content (AvgIpc) is 3.03. The number of nitrogen functional groups attached to an aromatic ring is 1. The molecule has 1 aromatic carbocycles. The molecule has 0 spiro atoms. The molecule has 100 valence electrons. The molecule has 0 atom stereocenters. The van der Waals surface area contributed by atoms with Gasteiger partial charge in [0.25, 0.3) is 0 Å². The summed E-state index contributed by atoms with van der Waals surface area (Å²) in [4.78, 5) is 0. The van der Waals surface area contributed by atoms with Crippen LogP contribution in [0.2, 0.25) is 0 Å². The van der Waals surface area contributed by atoms with Gasteiger partial charge in [-0.25, -0.2) is 0 Å². The van der Waals surface area contributed by atoms with E-state index in [1.165, 1.54) is 12.8 Å². The Morgan fingerprint density at radius 1 is 1.32 bits per heavy atom. The molecular formula is C15H18N2O2. The van der Waals surface area contributed by atoms with Crippen molar-refractivity contribution in [1.82, 2.24) is 5.16 Å². The highest BCUT2D eigenvalue weighted by atomic mass is 16.5. The maximum atomic E-state index is 6.08. The third kappa shape index (κ3) is 2.43. The summed E-state index contributed by atoms with van der Waals surface area (Å²) < 4.78 is 11.0. The van der Waals surface area contributed by atoms with Gasteiger partial charge >= 0.3 is 0 Å². The summed E-state index contributed by atoms with van der Waals surface area (Å²) in [6.07, 6.45) is 6.80. The van der Waals surface area contributed by atoms with Crippen molar-refractivity contribution in [3.8, 4) is 16.9 Å². The van der Waals surface area contributed by atoms with Gasteiger partial charge in [-0.15, -0.1) is 0 Å². The highest BCUT2D eigenvalue weighted by Crippen LogP contribution is 2.32. The second-order valence-corrected chi connectivity index (χ2v) is 5.07. The van der Waals surface area contributed by atoms with E-state index in [2.05, 4.69) is 5.16 Å². The lowest BCUT2D eigenvalue weighted by atomic mass is 10.1. The second kappa shape index (κ2) is 4.96. The first-order valence-corrected chi connectivity index (χ1v) is 6.72. The maximum absolute atomic E-state index is 6.08. The largest absolute Gasteiger partial charge is 0.488 e. The lowest BCUT2D eigenvalue weighted by molar-refractivity contribution is 0.211. The van der Waals surface area contributed by atoms with Crippen molar-refractivity contribution in [2.75, 3.05) is 5.73 Å². The smallest absolute Gasteiger partial charge is 0.142 e. The number of hydrogen-bond acceptors (Lipinski definition) is 4. The first-order valence-electron chi connectivity index (χ1n) is 6.72. The third-order valence-corrected chi connectivity index (χ3v) is 3.67. The van der Waals surface area contributed by atoms with Gasteiger partial charge < -0.3 is 15.0 Å². The molecule has 1 saturated carbocycles. The number of anilines is 1. The van der Waals surface area contributed by atoms with E-state index in [4.69, 9.17) is 15.0 Å². The van der Waals surface area contributed by atoms with Crippen molar-refractivity contribution in [2.45, 2.75) is 38.7 Å². The minimum atomic E-state index is 0.325. The minimum Gasteiger partial charge on any atom is -0.488 e. The molecule has 4 nitrogen and oxygen atoms in total. The van der Waals surface area contributed by atoms with Crippen molar-refractivity contribution in [2.24, 2.45) is 0 Å². The summed E-state index contributed by atoms with van der Waals surface area (Å²) in [7, 11) is 0. The molecule has 1 fully saturated rings. The summed E-state index contributed by atoms with van der Waals surface area (Å²) in [5, 5.41) is 3.79. The fraction of sp³-hybridized carbons (Fsp3) is 0.400. The maximum Gasteiger partial charge on any atom is 0.142 e. The average molecular weight is 258 g/mol. The normalized spacial score (nSPS) is 15.8. The van der Waals surface area contributed by atoms with E-state index >= 15 is 0 Å². The first-order chi connectivity index (χ1) is 9.24. The quantitative estimate of drug-likeness (QED) is 0.855. The van der Waals surface area contributed by atoms with E-state index < -0.39 is 0 Å². The Balaban J connectivity index is 1.83. The predicted octanol–water partition coefficient (Wildman–Crippen LogP) is 3.55. The molecule has 0 radical (unpaired) electrons. The standard InChI is InChI=1S/C15H18N2O2/c1-10-13(9-17-19-10)11-6-7-15(14(16)8-11)18-12-4-2-3-5-12/h6-9,12H,2-5,16H2,1H3. The van der Waals surface area contributed by atoms with Crippen molar-refractivity contribution in [3.63, 3.8) is 0 Å². The lowest BCUT2D eigenvalue weighted by Gasteiger charge is -2.15. The van der Waals surface area contributed by atoms with Gasteiger partial charge in [-0.2, -0.15) is 0 Å². The molecule has 0 unspecified atom stereocenters. The number of nitrogens with zero attached hydrogens (tertiary/aromatic N) is 1. The van der Waals surface area contributed by atoms with E-state index in [-0.39, 0.29) is 0 Å². The van der Waals surface area contributed by atoms with E-state index in [9.17, 15) is 0 Å². The van der Waals surface area contributed by atoms with E-state index in [0.717, 1.165) is 35.5 Å². The Bertz CT molecular complexity index is 571. The number of rotatable bonds is 3. The fourth-order valence-corrected chi connectivity index (χ4v) is 2.59.